The summed E-state index contributed by atoms with van der Waals surface area (Å²) >= 11 is 5.99. The number of esters is 1. The maximum atomic E-state index is 12.4. The van der Waals surface area contributed by atoms with Crippen LogP contribution in [0.1, 0.15) is 16.1 Å². The highest BCUT2D eigenvalue weighted by Gasteiger charge is 2.27. The van der Waals surface area contributed by atoms with E-state index in [9.17, 15) is 14.4 Å². The van der Waals surface area contributed by atoms with Crippen LogP contribution in [0.4, 0.5) is 0 Å². The largest absolute Gasteiger partial charge is 0.485 e. The summed E-state index contributed by atoms with van der Waals surface area (Å²) in [5.74, 6) is -1.09. The number of pyridine rings is 1. The fraction of sp³-hybridized carbons (Fsp3) is 0.182. The van der Waals surface area contributed by atoms with Crippen LogP contribution in [0, 0.1) is 6.92 Å². The SMILES string of the molecule is Cc1nc2ccc(Cl)cc2cc1C(=O)OCC(=O)NNC(=O)C1COc2ccccc2O1. The molecule has 0 radical (unpaired) electrons. The zero-order valence-electron chi connectivity index (χ0n) is 16.9. The second-order valence-electron chi connectivity index (χ2n) is 6.94. The number of ether oxygens (including phenoxy) is 3. The molecule has 1 aromatic heterocycles. The molecule has 2 amide bonds. The quantitative estimate of drug-likeness (QED) is 0.458. The second kappa shape index (κ2) is 9.11. The Balaban J connectivity index is 1.29. The number of aromatic nitrogens is 1. The lowest BCUT2D eigenvalue weighted by molar-refractivity contribution is -0.135. The molecule has 0 aliphatic carbocycles. The number of aryl methyl sites for hydroxylation is 1. The van der Waals surface area contributed by atoms with E-state index < -0.39 is 30.5 Å². The number of hydrogen-bond donors (Lipinski definition) is 2. The summed E-state index contributed by atoms with van der Waals surface area (Å²) in [5.41, 5.74) is 5.75. The number of fused-ring (bicyclic) bond motifs is 2. The number of rotatable bonds is 4. The van der Waals surface area contributed by atoms with Crippen LogP contribution < -0.4 is 20.3 Å². The number of benzene rings is 2. The summed E-state index contributed by atoms with van der Waals surface area (Å²) < 4.78 is 16.1. The van der Waals surface area contributed by atoms with E-state index in [1.54, 1.807) is 55.5 Å². The van der Waals surface area contributed by atoms with Crippen LogP contribution in [-0.4, -0.2) is 42.1 Å². The van der Waals surface area contributed by atoms with Gasteiger partial charge in [0, 0.05) is 10.4 Å². The number of halogens is 1. The summed E-state index contributed by atoms with van der Waals surface area (Å²) in [6, 6.07) is 13.7. The van der Waals surface area contributed by atoms with Crippen LogP contribution in [0.3, 0.4) is 0 Å². The Morgan fingerprint density at radius 2 is 1.91 bits per heavy atom. The number of amides is 2. The van der Waals surface area contributed by atoms with Crippen LogP contribution in [0.5, 0.6) is 11.5 Å². The van der Waals surface area contributed by atoms with Crippen molar-refractivity contribution >= 4 is 40.3 Å². The first kappa shape index (κ1) is 21.4. The summed E-state index contributed by atoms with van der Waals surface area (Å²) in [4.78, 5) is 41.0. The first-order valence-corrected chi connectivity index (χ1v) is 10.00. The lowest BCUT2D eigenvalue weighted by Crippen LogP contribution is -2.51. The average molecular weight is 456 g/mol. The molecule has 0 bridgehead atoms. The van der Waals surface area contributed by atoms with Gasteiger partial charge >= 0.3 is 5.97 Å². The molecule has 10 heteroatoms. The number of carbonyl (C=O) groups is 3. The molecule has 1 atom stereocenters. The van der Waals surface area contributed by atoms with Gasteiger partial charge in [0.15, 0.2) is 18.1 Å². The maximum absolute atomic E-state index is 12.4. The highest BCUT2D eigenvalue weighted by molar-refractivity contribution is 6.31. The number of para-hydroxylation sites is 2. The van der Waals surface area contributed by atoms with Crippen LogP contribution in [0.15, 0.2) is 48.5 Å². The van der Waals surface area contributed by atoms with E-state index in [0.29, 0.717) is 33.1 Å². The van der Waals surface area contributed by atoms with Crippen molar-refractivity contribution in [2.75, 3.05) is 13.2 Å². The van der Waals surface area contributed by atoms with Crippen molar-refractivity contribution in [2.45, 2.75) is 13.0 Å². The summed E-state index contributed by atoms with van der Waals surface area (Å²) in [7, 11) is 0. The molecule has 164 valence electrons. The molecular weight excluding hydrogens is 438 g/mol. The minimum absolute atomic E-state index is 0.00798. The summed E-state index contributed by atoms with van der Waals surface area (Å²) in [6.07, 6.45) is -0.939. The smallest absolute Gasteiger partial charge is 0.340 e. The van der Waals surface area contributed by atoms with Gasteiger partial charge in [-0.3, -0.25) is 25.4 Å². The summed E-state index contributed by atoms with van der Waals surface area (Å²) in [5, 5.41) is 1.18. The Labute approximate surface area is 187 Å². The van der Waals surface area contributed by atoms with Gasteiger partial charge in [-0.2, -0.15) is 0 Å². The van der Waals surface area contributed by atoms with Crippen molar-refractivity contribution < 1.29 is 28.6 Å². The minimum atomic E-state index is -0.939. The Morgan fingerprint density at radius 3 is 2.72 bits per heavy atom. The van der Waals surface area contributed by atoms with Crippen molar-refractivity contribution in [1.29, 1.82) is 0 Å². The van der Waals surface area contributed by atoms with Gasteiger partial charge in [0.1, 0.15) is 6.61 Å². The molecule has 2 N–H and O–H groups in total. The van der Waals surface area contributed by atoms with E-state index in [-0.39, 0.29) is 12.2 Å². The molecule has 2 heterocycles. The number of hydrazine groups is 1. The van der Waals surface area contributed by atoms with E-state index in [0.717, 1.165) is 0 Å². The van der Waals surface area contributed by atoms with E-state index in [2.05, 4.69) is 15.8 Å². The van der Waals surface area contributed by atoms with Crippen molar-refractivity contribution in [3.63, 3.8) is 0 Å². The highest BCUT2D eigenvalue weighted by Crippen LogP contribution is 2.30. The first-order chi connectivity index (χ1) is 15.4. The molecule has 32 heavy (non-hydrogen) atoms. The average Bonchev–Trinajstić information content (AvgIpc) is 2.80. The van der Waals surface area contributed by atoms with Crippen molar-refractivity contribution in [3.05, 3.63) is 64.8 Å². The van der Waals surface area contributed by atoms with Crippen molar-refractivity contribution in [2.24, 2.45) is 0 Å². The fourth-order valence-electron chi connectivity index (χ4n) is 3.06. The monoisotopic (exact) mass is 455 g/mol. The van der Waals surface area contributed by atoms with Crippen molar-refractivity contribution in [1.82, 2.24) is 15.8 Å². The van der Waals surface area contributed by atoms with Gasteiger partial charge in [-0.15, -0.1) is 0 Å². The Morgan fingerprint density at radius 1 is 1.12 bits per heavy atom. The third-order valence-electron chi connectivity index (χ3n) is 4.65. The Hall–Kier alpha value is -3.85. The number of hydrogen-bond acceptors (Lipinski definition) is 7. The summed E-state index contributed by atoms with van der Waals surface area (Å²) in [6.45, 7) is 1.05. The van der Waals surface area contributed by atoms with Gasteiger partial charge in [0.25, 0.3) is 11.8 Å². The third-order valence-corrected chi connectivity index (χ3v) is 4.88. The van der Waals surface area contributed by atoms with E-state index in [4.69, 9.17) is 25.8 Å². The lowest BCUT2D eigenvalue weighted by atomic mass is 10.1. The first-order valence-electron chi connectivity index (χ1n) is 9.62. The topological polar surface area (TPSA) is 116 Å². The van der Waals surface area contributed by atoms with E-state index >= 15 is 0 Å². The number of nitrogens with one attached hydrogen (secondary N) is 2. The van der Waals surface area contributed by atoms with E-state index in [1.165, 1.54) is 0 Å². The van der Waals surface area contributed by atoms with Crippen LogP contribution in [0.25, 0.3) is 10.9 Å². The molecule has 0 spiro atoms. The van der Waals surface area contributed by atoms with Crippen LogP contribution in [-0.2, 0) is 14.3 Å². The molecule has 0 fully saturated rings. The van der Waals surface area contributed by atoms with Crippen LogP contribution in [0.2, 0.25) is 5.02 Å². The highest BCUT2D eigenvalue weighted by atomic mass is 35.5. The molecule has 1 aliphatic rings. The fourth-order valence-corrected chi connectivity index (χ4v) is 3.24. The molecule has 1 aliphatic heterocycles. The maximum Gasteiger partial charge on any atom is 0.340 e. The molecule has 2 aromatic carbocycles. The normalized spacial score (nSPS) is 14.5. The Kier molecular flexibility index (Phi) is 6.09. The lowest BCUT2D eigenvalue weighted by Gasteiger charge is -2.25. The molecule has 0 saturated carbocycles. The number of carbonyl (C=O) groups excluding carboxylic acids is 3. The van der Waals surface area contributed by atoms with Gasteiger partial charge in [-0.1, -0.05) is 23.7 Å². The molecule has 0 saturated heterocycles. The second-order valence-corrected chi connectivity index (χ2v) is 7.37. The van der Waals surface area contributed by atoms with Gasteiger partial charge < -0.3 is 14.2 Å². The predicted molar refractivity (Wildman–Crippen MR) is 114 cm³/mol. The Bertz CT molecular complexity index is 1220. The minimum Gasteiger partial charge on any atom is -0.485 e. The van der Waals surface area contributed by atoms with Gasteiger partial charge in [0.2, 0.25) is 6.10 Å². The van der Waals surface area contributed by atoms with Gasteiger partial charge in [0.05, 0.1) is 16.8 Å². The zero-order chi connectivity index (χ0) is 22.7. The molecule has 4 rings (SSSR count). The molecule has 1 unspecified atom stereocenters. The van der Waals surface area contributed by atoms with E-state index in [1.807, 2.05) is 0 Å². The molecule has 3 aromatic rings. The molecular formula is C22H18ClN3O6. The number of nitrogens with zero attached hydrogens (tertiary/aromatic N) is 1. The van der Waals surface area contributed by atoms with Gasteiger partial charge in [-0.25, -0.2) is 4.79 Å². The standard InChI is InChI=1S/C22H18ClN3O6/c1-12-15(9-13-8-14(23)6-7-16(13)24-12)22(29)31-11-20(27)25-26-21(28)19-10-30-17-4-2-3-5-18(17)32-19/h2-9,19H,10-11H2,1H3,(H,25,27)(H,26,28). The van der Waals surface area contributed by atoms with Crippen LogP contribution >= 0.6 is 11.6 Å². The van der Waals surface area contributed by atoms with Crippen molar-refractivity contribution in [3.8, 4) is 11.5 Å². The van der Waals surface area contributed by atoms with Gasteiger partial charge in [-0.05, 0) is 43.3 Å². The third kappa shape index (κ3) is 4.73. The molecule has 9 nitrogen and oxygen atoms in total. The zero-order valence-corrected chi connectivity index (χ0v) is 17.6. The predicted octanol–water partition coefficient (Wildman–Crippen LogP) is 2.34.